The van der Waals surface area contributed by atoms with Gasteiger partial charge >= 0.3 is 0 Å². The van der Waals surface area contributed by atoms with Crippen molar-refractivity contribution < 1.29 is 4.21 Å². The molecule has 0 spiro atoms. The molecule has 1 N–H and O–H groups in total. The molecule has 7 nitrogen and oxygen atoms in total. The fourth-order valence-corrected chi connectivity index (χ4v) is 3.47. The molecule has 106 valence electrons. The smallest absolute Gasteiger partial charge is 0.241 e. The molecule has 0 saturated carbocycles. The lowest BCUT2D eigenvalue weighted by Crippen LogP contribution is -2.30. The highest BCUT2D eigenvalue weighted by atomic mass is 35.5. The van der Waals surface area contributed by atoms with Crippen LogP contribution in [0.15, 0.2) is 18.7 Å². The maximum atomic E-state index is 11.3. The van der Waals surface area contributed by atoms with E-state index in [0.29, 0.717) is 23.4 Å². The highest BCUT2D eigenvalue weighted by molar-refractivity contribution is 7.85. The molecule has 0 bridgehead atoms. The summed E-state index contributed by atoms with van der Waals surface area (Å²) in [4.78, 5) is 16.4. The Morgan fingerprint density at radius 3 is 2.80 bits per heavy atom. The number of nitrogens with one attached hydrogen (secondary N) is 1. The minimum atomic E-state index is -0.684. The van der Waals surface area contributed by atoms with E-state index in [9.17, 15) is 4.21 Å². The SMILES string of the molecule is O=S1CCC(Nc2nc(Cl)nc(-n3ccnc3)n2)CC1. The first kappa shape index (κ1) is 13.4. The summed E-state index contributed by atoms with van der Waals surface area (Å²) in [6.07, 6.45) is 6.66. The normalized spacial score (nSPS) is 22.6. The zero-order valence-electron chi connectivity index (χ0n) is 10.6. The summed E-state index contributed by atoms with van der Waals surface area (Å²) in [6, 6.07) is 0.224. The molecule has 1 fully saturated rings. The van der Waals surface area contributed by atoms with E-state index in [1.54, 1.807) is 23.3 Å². The molecule has 1 saturated heterocycles. The predicted octanol–water partition coefficient (Wildman–Crippen LogP) is 1.03. The van der Waals surface area contributed by atoms with E-state index in [4.69, 9.17) is 11.6 Å². The number of rotatable bonds is 3. The van der Waals surface area contributed by atoms with Gasteiger partial charge in [-0.15, -0.1) is 0 Å². The molecule has 3 rings (SSSR count). The minimum absolute atomic E-state index is 0.130. The van der Waals surface area contributed by atoms with E-state index in [0.717, 1.165) is 12.8 Å². The molecule has 1 aliphatic rings. The number of aromatic nitrogens is 5. The van der Waals surface area contributed by atoms with Crippen LogP contribution >= 0.6 is 11.6 Å². The summed E-state index contributed by atoms with van der Waals surface area (Å²) in [7, 11) is -0.684. The summed E-state index contributed by atoms with van der Waals surface area (Å²) < 4.78 is 13.0. The predicted molar refractivity (Wildman–Crippen MR) is 76.5 cm³/mol. The van der Waals surface area contributed by atoms with Crippen LogP contribution in [0.3, 0.4) is 0 Å². The Kier molecular flexibility index (Phi) is 3.93. The Hall–Kier alpha value is -1.54. The molecule has 0 atom stereocenters. The van der Waals surface area contributed by atoms with Crippen LogP contribution < -0.4 is 5.32 Å². The monoisotopic (exact) mass is 312 g/mol. The minimum Gasteiger partial charge on any atom is -0.351 e. The third kappa shape index (κ3) is 3.13. The second-order valence-corrected chi connectivity index (χ2v) is 6.50. The van der Waals surface area contributed by atoms with Crippen LogP contribution in [0.4, 0.5) is 5.95 Å². The molecule has 0 aliphatic carbocycles. The zero-order valence-corrected chi connectivity index (χ0v) is 12.1. The number of halogens is 1. The first-order valence-electron chi connectivity index (χ1n) is 6.22. The molecule has 2 aromatic heterocycles. The van der Waals surface area contributed by atoms with Crippen molar-refractivity contribution in [1.29, 1.82) is 0 Å². The van der Waals surface area contributed by atoms with Gasteiger partial charge in [-0.1, -0.05) is 0 Å². The maximum absolute atomic E-state index is 11.3. The van der Waals surface area contributed by atoms with Crippen molar-refractivity contribution in [3.8, 4) is 5.95 Å². The molecule has 0 amide bonds. The second-order valence-electron chi connectivity index (χ2n) is 4.46. The Bertz CT molecular complexity index is 609. The van der Waals surface area contributed by atoms with Crippen molar-refractivity contribution in [1.82, 2.24) is 24.5 Å². The van der Waals surface area contributed by atoms with Gasteiger partial charge in [0.1, 0.15) is 6.33 Å². The average Bonchev–Trinajstić information content (AvgIpc) is 2.95. The lowest BCUT2D eigenvalue weighted by atomic mass is 10.2. The van der Waals surface area contributed by atoms with E-state index >= 15 is 0 Å². The van der Waals surface area contributed by atoms with Gasteiger partial charge < -0.3 is 5.32 Å². The number of hydrogen-bond acceptors (Lipinski definition) is 6. The standard InChI is InChI=1S/C11H13ClN6OS/c12-9-15-10(14-8-1-5-20(19)6-2-8)17-11(16-9)18-4-3-13-7-18/h3-4,7-8H,1-2,5-6H2,(H,14,15,16,17). The summed E-state index contributed by atoms with van der Waals surface area (Å²) in [5.74, 6) is 2.28. The molecule has 20 heavy (non-hydrogen) atoms. The Morgan fingerprint density at radius 2 is 2.10 bits per heavy atom. The molecule has 9 heteroatoms. The van der Waals surface area contributed by atoms with Gasteiger partial charge in [-0.3, -0.25) is 8.78 Å². The van der Waals surface area contributed by atoms with Crippen LogP contribution in [-0.4, -0.2) is 46.3 Å². The van der Waals surface area contributed by atoms with Gasteiger partial charge in [0.25, 0.3) is 0 Å². The highest BCUT2D eigenvalue weighted by Gasteiger charge is 2.19. The van der Waals surface area contributed by atoms with Gasteiger partial charge in [0.15, 0.2) is 0 Å². The van der Waals surface area contributed by atoms with Crippen molar-refractivity contribution in [2.24, 2.45) is 0 Å². The molecule has 1 aliphatic heterocycles. The topological polar surface area (TPSA) is 85.6 Å². The maximum Gasteiger partial charge on any atom is 0.241 e. The van der Waals surface area contributed by atoms with Crippen molar-refractivity contribution in [2.75, 3.05) is 16.8 Å². The van der Waals surface area contributed by atoms with E-state index in [-0.39, 0.29) is 11.3 Å². The number of imidazole rings is 1. The van der Waals surface area contributed by atoms with Gasteiger partial charge in [-0.05, 0) is 24.4 Å². The molecule has 0 aromatic carbocycles. The fourth-order valence-electron chi connectivity index (χ4n) is 2.02. The van der Waals surface area contributed by atoms with Crippen LogP contribution in [-0.2, 0) is 10.8 Å². The van der Waals surface area contributed by atoms with E-state index in [1.807, 2.05) is 0 Å². The third-order valence-corrected chi connectivity index (χ3v) is 4.60. The quantitative estimate of drug-likeness (QED) is 0.911. The molecule has 3 heterocycles. The van der Waals surface area contributed by atoms with Crippen molar-refractivity contribution in [3.05, 3.63) is 24.0 Å². The molecular formula is C11H13ClN6OS. The van der Waals surface area contributed by atoms with Crippen molar-refractivity contribution >= 4 is 28.3 Å². The zero-order chi connectivity index (χ0) is 13.9. The molecule has 2 aromatic rings. The van der Waals surface area contributed by atoms with Crippen LogP contribution in [0.25, 0.3) is 5.95 Å². The number of nitrogens with zero attached hydrogens (tertiary/aromatic N) is 5. The Balaban J connectivity index is 1.78. The third-order valence-electron chi connectivity index (χ3n) is 3.05. The lowest BCUT2D eigenvalue weighted by molar-refractivity contribution is 0.620. The second kappa shape index (κ2) is 5.84. The summed E-state index contributed by atoms with van der Waals surface area (Å²) >= 11 is 5.92. The summed E-state index contributed by atoms with van der Waals surface area (Å²) in [5, 5.41) is 3.36. The first-order valence-corrected chi connectivity index (χ1v) is 8.09. The van der Waals surface area contributed by atoms with E-state index < -0.39 is 10.8 Å². The van der Waals surface area contributed by atoms with Gasteiger partial charge in [0.2, 0.25) is 17.2 Å². The van der Waals surface area contributed by atoms with Gasteiger partial charge in [0, 0.05) is 40.7 Å². The van der Waals surface area contributed by atoms with Crippen LogP contribution in [0, 0.1) is 0 Å². The van der Waals surface area contributed by atoms with Gasteiger partial charge in [-0.25, -0.2) is 4.98 Å². The summed E-state index contributed by atoms with van der Waals surface area (Å²) in [5.41, 5.74) is 0. The number of anilines is 1. The van der Waals surface area contributed by atoms with E-state index in [2.05, 4.69) is 25.3 Å². The highest BCUT2D eigenvalue weighted by Crippen LogP contribution is 2.15. The van der Waals surface area contributed by atoms with Crippen LogP contribution in [0.5, 0.6) is 0 Å². The Labute approximate surface area is 123 Å². The lowest BCUT2D eigenvalue weighted by Gasteiger charge is -2.22. The van der Waals surface area contributed by atoms with Crippen LogP contribution in [0.1, 0.15) is 12.8 Å². The largest absolute Gasteiger partial charge is 0.351 e. The number of hydrogen-bond donors (Lipinski definition) is 1. The Morgan fingerprint density at radius 1 is 1.30 bits per heavy atom. The van der Waals surface area contributed by atoms with Crippen LogP contribution in [0.2, 0.25) is 5.28 Å². The first-order chi connectivity index (χ1) is 9.70. The van der Waals surface area contributed by atoms with Gasteiger partial charge in [-0.2, -0.15) is 15.0 Å². The van der Waals surface area contributed by atoms with E-state index in [1.165, 1.54) is 0 Å². The molecule has 0 unspecified atom stereocenters. The summed E-state index contributed by atoms with van der Waals surface area (Å²) in [6.45, 7) is 0. The molecular weight excluding hydrogens is 300 g/mol. The fraction of sp³-hybridized carbons (Fsp3) is 0.455. The van der Waals surface area contributed by atoms with Crippen molar-refractivity contribution in [3.63, 3.8) is 0 Å². The van der Waals surface area contributed by atoms with Crippen molar-refractivity contribution in [2.45, 2.75) is 18.9 Å². The molecule has 0 radical (unpaired) electrons. The van der Waals surface area contributed by atoms with Gasteiger partial charge in [0.05, 0.1) is 0 Å². The average molecular weight is 313 g/mol.